The van der Waals surface area contributed by atoms with E-state index in [0.29, 0.717) is 12.6 Å². The highest BCUT2D eigenvalue weighted by molar-refractivity contribution is 5.81. The molecule has 116 valence electrons. The fraction of sp³-hybridized carbons (Fsp3) is 0.588. The number of amides is 1. The number of hydrogen-bond acceptors (Lipinski definition) is 3. The summed E-state index contributed by atoms with van der Waals surface area (Å²) in [6, 6.07) is 10.7. The van der Waals surface area contributed by atoms with Gasteiger partial charge >= 0.3 is 0 Å². The maximum absolute atomic E-state index is 12.4. The predicted octanol–water partition coefficient (Wildman–Crippen LogP) is 1.77. The van der Waals surface area contributed by atoms with Gasteiger partial charge in [0.25, 0.3) is 0 Å². The number of benzene rings is 1. The van der Waals surface area contributed by atoms with Crippen LogP contribution in [0.3, 0.4) is 0 Å². The molecule has 0 aliphatic carbocycles. The number of rotatable bonds is 6. The number of carbonyl (C=O) groups excluding carboxylic acids is 1. The van der Waals surface area contributed by atoms with Crippen LogP contribution in [0.15, 0.2) is 30.3 Å². The zero-order valence-electron chi connectivity index (χ0n) is 13.1. The lowest BCUT2D eigenvalue weighted by Crippen LogP contribution is -2.50. The van der Waals surface area contributed by atoms with Crippen molar-refractivity contribution >= 4 is 5.91 Å². The van der Waals surface area contributed by atoms with E-state index >= 15 is 0 Å². The van der Waals surface area contributed by atoms with E-state index in [0.717, 1.165) is 25.9 Å². The molecule has 21 heavy (non-hydrogen) atoms. The first-order valence-electron chi connectivity index (χ1n) is 7.93. The summed E-state index contributed by atoms with van der Waals surface area (Å²) in [5, 5.41) is 6.22. The van der Waals surface area contributed by atoms with Gasteiger partial charge in [0, 0.05) is 19.1 Å². The number of likely N-dealkylation sites (N-methyl/N-ethyl adjacent to an activating group) is 1. The predicted molar refractivity (Wildman–Crippen MR) is 86.0 cm³/mol. The first-order valence-corrected chi connectivity index (χ1v) is 7.93. The molecular weight excluding hydrogens is 262 g/mol. The summed E-state index contributed by atoms with van der Waals surface area (Å²) in [5.41, 5.74) is 1.28. The lowest BCUT2D eigenvalue weighted by molar-refractivity contribution is -0.128. The second-order valence-electron chi connectivity index (χ2n) is 5.90. The van der Waals surface area contributed by atoms with Gasteiger partial charge in [-0.2, -0.15) is 0 Å². The molecule has 1 amide bonds. The summed E-state index contributed by atoms with van der Waals surface area (Å²) < 4.78 is 0. The third kappa shape index (κ3) is 4.83. The summed E-state index contributed by atoms with van der Waals surface area (Å²) in [7, 11) is 1.92. The third-order valence-corrected chi connectivity index (χ3v) is 4.22. The lowest BCUT2D eigenvalue weighted by atomic mass is 10.0. The number of nitrogens with one attached hydrogen (secondary N) is 2. The molecule has 2 rings (SSSR count). The summed E-state index contributed by atoms with van der Waals surface area (Å²) in [6.07, 6.45) is 3.29. The zero-order valence-corrected chi connectivity index (χ0v) is 13.1. The van der Waals surface area contributed by atoms with E-state index in [-0.39, 0.29) is 11.9 Å². The fourth-order valence-electron chi connectivity index (χ4n) is 2.77. The molecule has 0 spiro atoms. The van der Waals surface area contributed by atoms with Crippen LogP contribution in [0.2, 0.25) is 0 Å². The summed E-state index contributed by atoms with van der Waals surface area (Å²) in [4.78, 5) is 14.8. The van der Waals surface area contributed by atoms with Gasteiger partial charge in [-0.1, -0.05) is 36.8 Å². The number of carbonyl (C=O) groups is 1. The Morgan fingerprint density at radius 1 is 1.33 bits per heavy atom. The molecule has 4 nitrogen and oxygen atoms in total. The van der Waals surface area contributed by atoms with Crippen molar-refractivity contribution in [2.24, 2.45) is 0 Å². The van der Waals surface area contributed by atoms with Crippen LogP contribution in [-0.2, 0) is 11.3 Å². The van der Waals surface area contributed by atoms with Crippen LogP contribution in [0.1, 0.15) is 31.7 Å². The first-order chi connectivity index (χ1) is 10.2. The molecule has 1 heterocycles. The van der Waals surface area contributed by atoms with Crippen LogP contribution in [-0.4, -0.2) is 43.0 Å². The van der Waals surface area contributed by atoms with Crippen molar-refractivity contribution < 1.29 is 4.79 Å². The van der Waals surface area contributed by atoms with E-state index in [4.69, 9.17) is 0 Å². The van der Waals surface area contributed by atoms with Crippen molar-refractivity contribution in [1.82, 2.24) is 15.5 Å². The van der Waals surface area contributed by atoms with Crippen molar-refractivity contribution in [1.29, 1.82) is 0 Å². The Hall–Kier alpha value is -1.39. The van der Waals surface area contributed by atoms with Crippen LogP contribution in [0.4, 0.5) is 0 Å². The van der Waals surface area contributed by atoms with Gasteiger partial charge in [-0.3, -0.25) is 9.69 Å². The molecule has 1 aromatic rings. The van der Waals surface area contributed by atoms with Crippen LogP contribution in [0, 0.1) is 0 Å². The lowest BCUT2D eigenvalue weighted by Gasteiger charge is -2.35. The van der Waals surface area contributed by atoms with E-state index in [1.165, 1.54) is 12.0 Å². The standard InChI is InChI=1S/C17H27N3O/c1-14(18-2)12-19-17(21)16-10-6-7-11-20(16)13-15-8-4-3-5-9-15/h3-5,8-9,14,16,18H,6-7,10-13H2,1-2H3,(H,19,21). The van der Waals surface area contributed by atoms with Gasteiger partial charge in [-0.15, -0.1) is 0 Å². The van der Waals surface area contributed by atoms with E-state index in [2.05, 4.69) is 46.7 Å². The van der Waals surface area contributed by atoms with E-state index in [1.54, 1.807) is 0 Å². The van der Waals surface area contributed by atoms with Crippen LogP contribution in [0.5, 0.6) is 0 Å². The molecule has 2 atom stereocenters. The number of piperidine rings is 1. The largest absolute Gasteiger partial charge is 0.353 e. The maximum atomic E-state index is 12.4. The van der Waals surface area contributed by atoms with Gasteiger partial charge in [0.2, 0.25) is 5.91 Å². The summed E-state index contributed by atoms with van der Waals surface area (Å²) in [6.45, 7) is 4.63. The van der Waals surface area contributed by atoms with Crippen LogP contribution in [0.25, 0.3) is 0 Å². The van der Waals surface area contributed by atoms with Gasteiger partial charge in [0.1, 0.15) is 0 Å². The van der Waals surface area contributed by atoms with Crippen molar-refractivity contribution in [3.63, 3.8) is 0 Å². The van der Waals surface area contributed by atoms with Gasteiger partial charge in [-0.05, 0) is 38.9 Å². The topological polar surface area (TPSA) is 44.4 Å². The van der Waals surface area contributed by atoms with Gasteiger partial charge in [-0.25, -0.2) is 0 Å². The quantitative estimate of drug-likeness (QED) is 0.839. The minimum absolute atomic E-state index is 0.0167. The Morgan fingerprint density at radius 2 is 2.10 bits per heavy atom. The molecule has 1 saturated heterocycles. The smallest absolute Gasteiger partial charge is 0.237 e. The van der Waals surface area contributed by atoms with E-state index in [1.807, 2.05) is 13.1 Å². The molecule has 2 unspecified atom stereocenters. The van der Waals surface area contributed by atoms with Crippen molar-refractivity contribution in [2.45, 2.75) is 44.8 Å². The number of likely N-dealkylation sites (tertiary alicyclic amines) is 1. The van der Waals surface area contributed by atoms with Crippen molar-refractivity contribution in [3.8, 4) is 0 Å². The van der Waals surface area contributed by atoms with Crippen molar-refractivity contribution in [2.75, 3.05) is 20.1 Å². The molecule has 4 heteroatoms. The fourth-order valence-corrected chi connectivity index (χ4v) is 2.77. The van der Waals surface area contributed by atoms with E-state index in [9.17, 15) is 4.79 Å². The van der Waals surface area contributed by atoms with Gasteiger partial charge < -0.3 is 10.6 Å². The molecular formula is C17H27N3O. The molecule has 2 N–H and O–H groups in total. The Bertz CT molecular complexity index is 435. The van der Waals surface area contributed by atoms with Crippen LogP contribution < -0.4 is 10.6 Å². The Balaban J connectivity index is 1.93. The highest BCUT2D eigenvalue weighted by Gasteiger charge is 2.28. The second kappa shape index (κ2) is 8.15. The minimum atomic E-state index is 0.0167. The van der Waals surface area contributed by atoms with Crippen molar-refractivity contribution in [3.05, 3.63) is 35.9 Å². The third-order valence-electron chi connectivity index (χ3n) is 4.22. The van der Waals surface area contributed by atoms with Gasteiger partial charge in [0.05, 0.1) is 6.04 Å². The Morgan fingerprint density at radius 3 is 2.81 bits per heavy atom. The maximum Gasteiger partial charge on any atom is 0.237 e. The average molecular weight is 289 g/mol. The van der Waals surface area contributed by atoms with Gasteiger partial charge in [0.15, 0.2) is 0 Å². The first kappa shape index (κ1) is 16.0. The molecule has 1 aromatic carbocycles. The SMILES string of the molecule is CNC(C)CNC(=O)C1CCCCN1Cc1ccccc1. The molecule has 0 aromatic heterocycles. The highest BCUT2D eigenvalue weighted by atomic mass is 16.2. The number of nitrogens with zero attached hydrogens (tertiary/aromatic N) is 1. The monoisotopic (exact) mass is 289 g/mol. The summed E-state index contributed by atoms with van der Waals surface area (Å²) in [5.74, 6) is 0.174. The second-order valence-corrected chi connectivity index (χ2v) is 5.90. The Labute approximate surface area is 127 Å². The molecule has 1 fully saturated rings. The Kier molecular flexibility index (Phi) is 6.21. The summed E-state index contributed by atoms with van der Waals surface area (Å²) >= 11 is 0. The molecule has 1 aliphatic rings. The highest BCUT2D eigenvalue weighted by Crippen LogP contribution is 2.19. The molecule has 0 bridgehead atoms. The molecule has 1 aliphatic heterocycles. The molecule has 0 saturated carbocycles. The average Bonchev–Trinajstić information content (AvgIpc) is 2.53. The zero-order chi connectivity index (χ0) is 15.1. The number of hydrogen-bond donors (Lipinski definition) is 2. The normalized spacial score (nSPS) is 21.0. The molecule has 0 radical (unpaired) electrons. The van der Waals surface area contributed by atoms with E-state index < -0.39 is 0 Å². The minimum Gasteiger partial charge on any atom is -0.353 e. The van der Waals surface area contributed by atoms with Crippen LogP contribution >= 0.6 is 0 Å².